The van der Waals surface area contributed by atoms with E-state index in [0.717, 1.165) is 4.68 Å². The van der Waals surface area contributed by atoms with Crippen LogP contribution in [0.15, 0.2) is 53.3 Å². The van der Waals surface area contributed by atoms with Crippen LogP contribution in [0.4, 0.5) is 0 Å². The summed E-state index contributed by atoms with van der Waals surface area (Å²) in [6.07, 6.45) is 0. The quantitative estimate of drug-likeness (QED) is 0.617. The number of fused-ring (bicyclic) bond motifs is 1. The summed E-state index contributed by atoms with van der Waals surface area (Å²) in [5, 5.41) is 4.44. The smallest absolute Gasteiger partial charge is 0.337 e. The number of ether oxygens (including phenoxy) is 2. The molecule has 3 aromatic rings. The molecule has 1 heterocycles. The van der Waals surface area contributed by atoms with Crippen LogP contribution in [0.25, 0.3) is 10.8 Å². The van der Waals surface area contributed by atoms with Crippen molar-refractivity contribution in [2.45, 2.75) is 13.2 Å². The molecule has 9 nitrogen and oxygen atoms in total. The topological polar surface area (TPSA) is 131 Å². The van der Waals surface area contributed by atoms with Gasteiger partial charge in [-0.2, -0.15) is 5.10 Å². The zero-order chi connectivity index (χ0) is 21.0. The Labute approximate surface area is 164 Å². The summed E-state index contributed by atoms with van der Waals surface area (Å²) in [4.78, 5) is 48.0. The van der Waals surface area contributed by atoms with E-state index in [2.05, 4.69) is 9.84 Å². The molecule has 0 saturated heterocycles. The van der Waals surface area contributed by atoms with Crippen molar-refractivity contribution in [3.05, 3.63) is 75.7 Å². The molecule has 0 unspecified atom stereocenters. The number of aromatic nitrogens is 2. The maximum atomic E-state index is 12.6. The van der Waals surface area contributed by atoms with Crippen LogP contribution in [0.2, 0.25) is 0 Å². The largest absolute Gasteiger partial charge is 0.465 e. The van der Waals surface area contributed by atoms with Crippen LogP contribution >= 0.6 is 0 Å². The third-order valence-corrected chi connectivity index (χ3v) is 4.13. The van der Waals surface area contributed by atoms with Gasteiger partial charge in [0.1, 0.15) is 13.2 Å². The van der Waals surface area contributed by atoms with E-state index in [4.69, 9.17) is 10.5 Å². The van der Waals surface area contributed by atoms with Crippen molar-refractivity contribution in [1.82, 2.24) is 9.78 Å². The van der Waals surface area contributed by atoms with E-state index >= 15 is 0 Å². The molecule has 0 aliphatic carbocycles. The number of hydrogen-bond donors (Lipinski definition) is 1. The number of hydrogen-bond acceptors (Lipinski definition) is 7. The monoisotopic (exact) mass is 395 g/mol. The average molecular weight is 395 g/mol. The molecule has 3 rings (SSSR count). The molecule has 9 heteroatoms. The number of primary amides is 1. The van der Waals surface area contributed by atoms with Crippen molar-refractivity contribution in [3.8, 4) is 0 Å². The molecular formula is C20H17N3O6. The van der Waals surface area contributed by atoms with Gasteiger partial charge in [0.2, 0.25) is 0 Å². The Balaban J connectivity index is 1.78. The highest BCUT2D eigenvalue weighted by Crippen LogP contribution is 2.13. The van der Waals surface area contributed by atoms with Gasteiger partial charge in [0.15, 0.2) is 5.69 Å². The zero-order valence-electron chi connectivity index (χ0n) is 15.5. The van der Waals surface area contributed by atoms with Crippen LogP contribution in [-0.4, -0.2) is 34.7 Å². The van der Waals surface area contributed by atoms with Crippen LogP contribution < -0.4 is 11.3 Å². The first kappa shape index (κ1) is 19.7. The molecule has 0 spiro atoms. The molecule has 0 atom stereocenters. The lowest BCUT2D eigenvalue weighted by Crippen LogP contribution is -2.31. The molecule has 29 heavy (non-hydrogen) atoms. The first-order chi connectivity index (χ1) is 13.9. The Morgan fingerprint density at radius 2 is 1.79 bits per heavy atom. The summed E-state index contributed by atoms with van der Waals surface area (Å²) in [5.41, 5.74) is 5.57. The molecular weight excluding hydrogens is 378 g/mol. The van der Waals surface area contributed by atoms with Gasteiger partial charge in [-0.3, -0.25) is 14.4 Å². The van der Waals surface area contributed by atoms with E-state index < -0.39 is 29.9 Å². The van der Waals surface area contributed by atoms with Crippen LogP contribution in [0.3, 0.4) is 0 Å². The molecule has 1 amide bonds. The standard InChI is InChI=1S/C20H17N3O6/c1-28-20(27)13-6-4-5-12(9-13)11-29-16(24)10-23-19(26)15-8-3-2-7-14(15)17(22-23)18(21)25/h2-9H,10-11H2,1H3,(H2,21,25). The number of esters is 2. The number of nitrogens with zero attached hydrogens (tertiary/aromatic N) is 2. The Kier molecular flexibility index (Phi) is 5.68. The minimum atomic E-state index is -0.817. The maximum Gasteiger partial charge on any atom is 0.337 e. The molecule has 0 saturated carbocycles. The van der Waals surface area contributed by atoms with E-state index in [1.54, 1.807) is 36.4 Å². The molecule has 148 valence electrons. The number of rotatable bonds is 6. The number of benzene rings is 2. The van der Waals surface area contributed by atoms with E-state index in [1.807, 2.05) is 0 Å². The number of carbonyl (C=O) groups excluding carboxylic acids is 3. The highest BCUT2D eigenvalue weighted by molar-refractivity contribution is 6.04. The van der Waals surface area contributed by atoms with E-state index in [-0.39, 0.29) is 17.7 Å². The fourth-order valence-corrected chi connectivity index (χ4v) is 2.76. The Morgan fingerprint density at radius 3 is 2.48 bits per heavy atom. The molecule has 0 radical (unpaired) electrons. The third-order valence-electron chi connectivity index (χ3n) is 4.13. The van der Waals surface area contributed by atoms with E-state index in [9.17, 15) is 19.2 Å². The van der Waals surface area contributed by atoms with Crippen LogP contribution in [0, 0.1) is 0 Å². The van der Waals surface area contributed by atoms with Crippen molar-refractivity contribution in [1.29, 1.82) is 0 Å². The van der Waals surface area contributed by atoms with E-state index in [1.165, 1.54) is 19.2 Å². The van der Waals surface area contributed by atoms with Crippen molar-refractivity contribution in [2.75, 3.05) is 7.11 Å². The number of methoxy groups -OCH3 is 1. The first-order valence-electron chi connectivity index (χ1n) is 8.53. The van der Waals surface area contributed by atoms with Gasteiger partial charge < -0.3 is 15.2 Å². The fraction of sp³-hybridized carbons (Fsp3) is 0.150. The van der Waals surface area contributed by atoms with Gasteiger partial charge in [0.05, 0.1) is 18.1 Å². The number of nitrogens with two attached hydrogens (primary N) is 1. The molecule has 1 aromatic heterocycles. The highest BCUT2D eigenvalue weighted by atomic mass is 16.5. The minimum absolute atomic E-state index is 0.112. The minimum Gasteiger partial charge on any atom is -0.465 e. The van der Waals surface area contributed by atoms with Gasteiger partial charge in [0.25, 0.3) is 11.5 Å². The van der Waals surface area contributed by atoms with Crippen molar-refractivity contribution < 1.29 is 23.9 Å². The summed E-state index contributed by atoms with van der Waals surface area (Å²) >= 11 is 0. The third kappa shape index (κ3) is 4.29. The molecule has 0 bridgehead atoms. The predicted molar refractivity (Wildman–Crippen MR) is 102 cm³/mol. The first-order valence-corrected chi connectivity index (χ1v) is 8.53. The second-order valence-corrected chi connectivity index (χ2v) is 6.07. The Morgan fingerprint density at radius 1 is 1.07 bits per heavy atom. The average Bonchev–Trinajstić information content (AvgIpc) is 2.73. The zero-order valence-corrected chi connectivity index (χ0v) is 15.5. The summed E-state index contributed by atoms with van der Waals surface area (Å²) in [5.74, 6) is -2.07. The SMILES string of the molecule is COC(=O)c1cccc(COC(=O)Cn2nc(C(N)=O)c3ccccc3c2=O)c1. The van der Waals surface area contributed by atoms with Gasteiger partial charge in [0, 0.05) is 5.39 Å². The van der Waals surface area contributed by atoms with Gasteiger partial charge in [-0.1, -0.05) is 30.3 Å². The summed E-state index contributed by atoms with van der Waals surface area (Å²) in [6, 6.07) is 12.8. The lowest BCUT2D eigenvalue weighted by Gasteiger charge is -2.10. The maximum absolute atomic E-state index is 12.6. The second-order valence-electron chi connectivity index (χ2n) is 6.07. The molecule has 2 N–H and O–H groups in total. The molecule has 2 aromatic carbocycles. The van der Waals surface area contributed by atoms with Crippen LogP contribution in [-0.2, 0) is 27.4 Å². The summed E-state index contributed by atoms with van der Waals surface area (Å²) in [6.45, 7) is -0.616. The van der Waals surface area contributed by atoms with Crippen molar-refractivity contribution in [2.24, 2.45) is 5.73 Å². The summed E-state index contributed by atoms with van der Waals surface area (Å²) in [7, 11) is 1.27. The van der Waals surface area contributed by atoms with Gasteiger partial charge in [-0.05, 0) is 23.8 Å². The van der Waals surface area contributed by atoms with Crippen LogP contribution in [0.5, 0.6) is 0 Å². The van der Waals surface area contributed by atoms with Gasteiger partial charge >= 0.3 is 11.9 Å². The fourth-order valence-electron chi connectivity index (χ4n) is 2.76. The molecule has 0 aliphatic rings. The second kappa shape index (κ2) is 8.34. The lowest BCUT2D eigenvalue weighted by molar-refractivity contribution is -0.146. The predicted octanol–water partition coefficient (Wildman–Crippen LogP) is 1.03. The highest BCUT2D eigenvalue weighted by Gasteiger charge is 2.16. The summed E-state index contributed by atoms with van der Waals surface area (Å²) < 4.78 is 10.6. The Hall–Kier alpha value is -4.01. The number of amides is 1. The molecule has 0 fully saturated rings. The van der Waals surface area contributed by atoms with Gasteiger partial charge in [-0.25, -0.2) is 9.48 Å². The number of carbonyl (C=O) groups is 3. The van der Waals surface area contributed by atoms with Crippen molar-refractivity contribution >= 4 is 28.6 Å². The van der Waals surface area contributed by atoms with Gasteiger partial charge in [-0.15, -0.1) is 0 Å². The molecule has 0 aliphatic heterocycles. The van der Waals surface area contributed by atoms with Crippen molar-refractivity contribution in [3.63, 3.8) is 0 Å². The normalized spacial score (nSPS) is 10.5. The van der Waals surface area contributed by atoms with E-state index in [0.29, 0.717) is 16.5 Å². The lowest BCUT2D eigenvalue weighted by atomic mass is 10.1. The Bertz CT molecular complexity index is 1170. The van der Waals surface area contributed by atoms with Crippen LogP contribution in [0.1, 0.15) is 26.4 Å².